The highest BCUT2D eigenvalue weighted by molar-refractivity contribution is 7.18. The van der Waals surface area contributed by atoms with E-state index in [-0.39, 0.29) is 29.4 Å². The van der Waals surface area contributed by atoms with Gasteiger partial charge in [-0.2, -0.15) is 13.2 Å². The Morgan fingerprint density at radius 3 is 2.59 bits per heavy atom. The van der Waals surface area contributed by atoms with Gasteiger partial charge in [-0.15, -0.1) is 23.7 Å². The van der Waals surface area contributed by atoms with E-state index < -0.39 is 18.7 Å². The zero-order valence-electron chi connectivity index (χ0n) is 21.4. The fourth-order valence-electron chi connectivity index (χ4n) is 4.96. The lowest BCUT2D eigenvalue weighted by Crippen LogP contribution is -2.38. The summed E-state index contributed by atoms with van der Waals surface area (Å²) in [6.07, 6.45) is 0.200. The smallest absolute Gasteiger partial charge is 0.393 e. The Balaban J connectivity index is 0.00000353. The normalized spacial score (nSPS) is 19.2. The van der Waals surface area contributed by atoms with Gasteiger partial charge in [0.25, 0.3) is 0 Å². The molecule has 3 aromatic heterocycles. The van der Waals surface area contributed by atoms with Gasteiger partial charge in [0.1, 0.15) is 22.7 Å². The van der Waals surface area contributed by atoms with Crippen LogP contribution in [-0.4, -0.2) is 58.6 Å². The van der Waals surface area contributed by atoms with E-state index in [9.17, 15) is 18.3 Å². The second kappa shape index (κ2) is 12.0. The van der Waals surface area contributed by atoms with Crippen molar-refractivity contribution in [3.05, 3.63) is 65.6 Å². The number of pyridine rings is 1. The van der Waals surface area contributed by atoms with Gasteiger partial charge >= 0.3 is 6.18 Å². The summed E-state index contributed by atoms with van der Waals surface area (Å²) in [5.74, 6) is 1.24. The van der Waals surface area contributed by atoms with E-state index in [1.807, 2.05) is 30.1 Å². The van der Waals surface area contributed by atoms with Gasteiger partial charge in [-0.05, 0) is 36.1 Å². The average Bonchev–Trinajstić information content (AvgIpc) is 3.48. The van der Waals surface area contributed by atoms with Gasteiger partial charge in [0.15, 0.2) is 0 Å². The largest absolute Gasteiger partial charge is 0.495 e. The van der Waals surface area contributed by atoms with E-state index in [4.69, 9.17) is 4.74 Å². The molecule has 0 aliphatic heterocycles. The van der Waals surface area contributed by atoms with E-state index in [0.717, 1.165) is 28.0 Å². The summed E-state index contributed by atoms with van der Waals surface area (Å²) in [6, 6.07) is 11.5. The van der Waals surface area contributed by atoms with E-state index in [1.165, 1.54) is 12.4 Å². The maximum atomic E-state index is 12.9. The van der Waals surface area contributed by atoms with E-state index >= 15 is 0 Å². The number of methoxy groups -OCH3 is 1. The summed E-state index contributed by atoms with van der Waals surface area (Å²) >= 11 is 1.02. The molecule has 0 bridgehead atoms. The predicted molar refractivity (Wildman–Crippen MR) is 149 cm³/mol. The minimum Gasteiger partial charge on any atom is -0.495 e. The molecular formula is C27H29ClF3N5O2S. The summed E-state index contributed by atoms with van der Waals surface area (Å²) in [6.45, 7) is 0.646. The van der Waals surface area contributed by atoms with Crippen molar-refractivity contribution >= 4 is 39.8 Å². The molecule has 5 rings (SSSR count). The molecule has 0 amide bonds. The van der Waals surface area contributed by atoms with Crippen molar-refractivity contribution in [2.45, 2.75) is 50.2 Å². The van der Waals surface area contributed by atoms with Crippen LogP contribution in [0.5, 0.6) is 5.75 Å². The Morgan fingerprint density at radius 2 is 1.87 bits per heavy atom. The second-order valence-electron chi connectivity index (χ2n) is 9.53. The molecule has 2 N–H and O–H groups in total. The van der Waals surface area contributed by atoms with E-state index in [0.29, 0.717) is 41.2 Å². The summed E-state index contributed by atoms with van der Waals surface area (Å²) in [7, 11) is 3.44. The highest BCUT2D eigenvalue weighted by Crippen LogP contribution is 2.36. The van der Waals surface area contributed by atoms with Crippen LogP contribution in [0, 0.1) is 0 Å². The molecular weight excluding hydrogens is 551 g/mol. The van der Waals surface area contributed by atoms with Crippen LogP contribution in [0.3, 0.4) is 0 Å². The SMILES string of the molecule is COc1cncc(-c2ccc(CN[C@H]3C[C@@H](O)[C@@H](N(C)c4ncnc5sc(CC(F)(F)F)cc45)C3)cc2)c1.Cl. The highest BCUT2D eigenvalue weighted by atomic mass is 35.5. The predicted octanol–water partition coefficient (Wildman–Crippen LogP) is 5.41. The lowest BCUT2D eigenvalue weighted by Gasteiger charge is -2.28. The first-order chi connectivity index (χ1) is 18.2. The van der Waals surface area contributed by atoms with Crippen LogP contribution < -0.4 is 15.0 Å². The molecule has 0 saturated heterocycles. The molecule has 1 aromatic carbocycles. The molecule has 1 aliphatic carbocycles. The van der Waals surface area contributed by atoms with E-state index in [2.05, 4.69) is 32.4 Å². The average molecular weight is 580 g/mol. The van der Waals surface area contributed by atoms with Crippen molar-refractivity contribution in [1.29, 1.82) is 0 Å². The Hall–Kier alpha value is -2.99. The van der Waals surface area contributed by atoms with Gasteiger partial charge in [-0.1, -0.05) is 24.3 Å². The van der Waals surface area contributed by atoms with Crippen molar-refractivity contribution in [3.63, 3.8) is 0 Å². The van der Waals surface area contributed by atoms with Gasteiger partial charge in [0.2, 0.25) is 0 Å². The number of ether oxygens (including phenoxy) is 1. The van der Waals surface area contributed by atoms with Crippen LogP contribution in [-0.2, 0) is 13.0 Å². The van der Waals surface area contributed by atoms with Crippen molar-refractivity contribution in [2.75, 3.05) is 19.1 Å². The molecule has 0 radical (unpaired) electrons. The van der Waals surface area contributed by atoms with Gasteiger partial charge in [-0.25, -0.2) is 9.97 Å². The third kappa shape index (κ3) is 6.78. The maximum absolute atomic E-state index is 12.9. The minimum atomic E-state index is -4.28. The zero-order chi connectivity index (χ0) is 26.9. The Labute approximate surface area is 234 Å². The quantitative estimate of drug-likeness (QED) is 0.289. The number of nitrogens with one attached hydrogen (secondary N) is 1. The van der Waals surface area contributed by atoms with Gasteiger partial charge in [0.05, 0.1) is 37.3 Å². The number of aliphatic hydroxyl groups is 1. The van der Waals surface area contributed by atoms with Crippen LogP contribution in [0.4, 0.5) is 19.0 Å². The molecule has 0 spiro atoms. The number of aromatic nitrogens is 3. The number of hydrogen-bond donors (Lipinski definition) is 2. The number of anilines is 1. The van der Waals surface area contributed by atoms with Crippen molar-refractivity contribution in [3.8, 4) is 16.9 Å². The molecule has 208 valence electrons. The monoisotopic (exact) mass is 579 g/mol. The topological polar surface area (TPSA) is 83.4 Å². The van der Waals surface area contributed by atoms with Crippen LogP contribution in [0.2, 0.25) is 0 Å². The molecule has 1 saturated carbocycles. The third-order valence-corrected chi connectivity index (χ3v) is 7.94. The third-order valence-electron chi connectivity index (χ3n) is 6.89. The lowest BCUT2D eigenvalue weighted by molar-refractivity contribution is -0.126. The van der Waals surface area contributed by atoms with Gasteiger partial charge in [-0.3, -0.25) is 4.98 Å². The second-order valence-corrected chi connectivity index (χ2v) is 10.6. The molecule has 1 aliphatic rings. The first kappa shape index (κ1) is 29.0. The Bertz CT molecular complexity index is 1400. The van der Waals surface area contributed by atoms with Crippen molar-refractivity contribution in [1.82, 2.24) is 20.3 Å². The number of nitrogens with zero attached hydrogens (tertiary/aromatic N) is 4. The molecule has 39 heavy (non-hydrogen) atoms. The Kier molecular flexibility index (Phi) is 8.95. The molecule has 4 aromatic rings. The summed E-state index contributed by atoms with van der Waals surface area (Å²) in [4.78, 5) is 15.3. The number of thiophene rings is 1. The number of alkyl halides is 3. The minimum absolute atomic E-state index is 0. The summed E-state index contributed by atoms with van der Waals surface area (Å²) in [5.41, 5.74) is 3.13. The van der Waals surface area contributed by atoms with Crippen molar-refractivity contribution < 1.29 is 23.0 Å². The zero-order valence-corrected chi connectivity index (χ0v) is 23.0. The maximum Gasteiger partial charge on any atom is 0.393 e. The molecule has 7 nitrogen and oxygen atoms in total. The first-order valence-electron chi connectivity index (χ1n) is 12.2. The molecule has 0 unspecified atom stereocenters. The number of aliphatic hydroxyl groups excluding tert-OH is 1. The number of rotatable bonds is 8. The number of likely N-dealkylation sites (N-methyl/N-ethyl adjacent to an activating group) is 1. The molecule has 12 heteroatoms. The molecule has 1 fully saturated rings. The lowest BCUT2D eigenvalue weighted by atomic mass is 10.1. The number of fused-ring (bicyclic) bond motifs is 1. The number of hydrogen-bond acceptors (Lipinski definition) is 8. The summed E-state index contributed by atoms with van der Waals surface area (Å²) < 4.78 is 44.0. The van der Waals surface area contributed by atoms with Gasteiger partial charge in [0, 0.05) is 36.3 Å². The van der Waals surface area contributed by atoms with E-state index in [1.54, 1.807) is 19.5 Å². The first-order valence-corrected chi connectivity index (χ1v) is 13.0. The Morgan fingerprint density at radius 1 is 1.10 bits per heavy atom. The molecule has 3 heterocycles. The molecule has 3 atom stereocenters. The van der Waals surface area contributed by atoms with Crippen molar-refractivity contribution in [2.24, 2.45) is 0 Å². The fourth-order valence-corrected chi connectivity index (χ4v) is 5.98. The summed E-state index contributed by atoms with van der Waals surface area (Å²) in [5, 5.41) is 14.9. The fraction of sp³-hybridized carbons (Fsp3) is 0.370. The number of halogens is 4. The van der Waals surface area contributed by atoms with Crippen LogP contribution >= 0.6 is 23.7 Å². The highest BCUT2D eigenvalue weighted by Gasteiger charge is 2.37. The number of benzene rings is 1. The van der Waals surface area contributed by atoms with Crippen LogP contribution in [0.15, 0.2) is 55.1 Å². The standard InChI is InChI=1S/C27H28F3N5O2S.ClH/c1-35(25-22-10-21(11-27(28,29)30)38-26(22)34-15-33-25)23-8-19(9-24(23)36)32-12-16-3-5-17(6-4-16)18-7-20(37-2)14-31-13-18;/h3-7,10,13-15,19,23-24,32,36H,8-9,11-12H2,1-2H3;1H/t19-,23+,24-;/m1./s1. The van der Waals surface area contributed by atoms with Gasteiger partial charge < -0.3 is 20.1 Å². The van der Waals surface area contributed by atoms with Crippen LogP contribution in [0.1, 0.15) is 23.3 Å². The van der Waals surface area contributed by atoms with Crippen LogP contribution in [0.25, 0.3) is 21.3 Å².